The first kappa shape index (κ1) is 18.0. The molecular weight excluding hydrogens is 354 g/mol. The lowest BCUT2D eigenvalue weighted by molar-refractivity contribution is -0.131. The molecule has 0 spiro atoms. The van der Waals surface area contributed by atoms with Crippen molar-refractivity contribution in [3.63, 3.8) is 0 Å². The molecule has 2 aromatic heterocycles. The normalized spacial score (nSPS) is 12.0. The number of H-pyrrole nitrogens is 1. The number of hydrogen-bond acceptors (Lipinski definition) is 5. The number of aryl methyl sites for hydroxylation is 3. The Balaban J connectivity index is 1.95. The van der Waals surface area contributed by atoms with Gasteiger partial charge in [-0.3, -0.25) is 14.2 Å². The number of carbonyl (C=O) groups is 1. The third-order valence-electron chi connectivity index (χ3n) is 4.00. The fourth-order valence-corrected chi connectivity index (χ4v) is 3.40. The number of aromatic nitrogens is 5. The highest BCUT2D eigenvalue weighted by Crippen LogP contribution is 2.26. The Morgan fingerprint density at radius 3 is 2.73 bits per heavy atom. The lowest BCUT2D eigenvalue weighted by Gasteiger charge is -2.01. The van der Waals surface area contributed by atoms with Crippen molar-refractivity contribution >= 4 is 34.8 Å². The first-order valence-electron chi connectivity index (χ1n) is 8.10. The van der Waals surface area contributed by atoms with Gasteiger partial charge in [-0.1, -0.05) is 13.0 Å². The quantitative estimate of drug-likeness (QED) is 0.507. The van der Waals surface area contributed by atoms with Crippen LogP contribution in [0.4, 0.5) is 0 Å². The fraction of sp³-hybridized carbons (Fsp3) is 0.294. The van der Waals surface area contributed by atoms with E-state index in [4.69, 9.17) is 0 Å². The monoisotopic (exact) mass is 373 g/mol. The van der Waals surface area contributed by atoms with Gasteiger partial charge in [0, 0.05) is 20.5 Å². The van der Waals surface area contributed by atoms with Gasteiger partial charge in [-0.05, 0) is 42.0 Å². The van der Waals surface area contributed by atoms with Crippen molar-refractivity contribution in [1.29, 1.82) is 0 Å². The summed E-state index contributed by atoms with van der Waals surface area (Å²) in [5.74, 6) is -0.320. The van der Waals surface area contributed by atoms with Gasteiger partial charge in [0.2, 0.25) is 5.16 Å². The highest BCUT2D eigenvalue weighted by Gasteiger charge is 2.14. The number of thioether (sulfide) groups is 1. The van der Waals surface area contributed by atoms with E-state index < -0.39 is 5.97 Å². The van der Waals surface area contributed by atoms with Crippen molar-refractivity contribution in [2.45, 2.75) is 24.9 Å². The molecule has 3 aromatic rings. The van der Waals surface area contributed by atoms with E-state index in [1.807, 2.05) is 6.92 Å². The smallest absolute Gasteiger partial charge is 0.342 e. The van der Waals surface area contributed by atoms with Crippen LogP contribution in [-0.2, 0) is 25.3 Å². The standard InChI is InChI=1S/C17H19N5O3S/c1-4-5-14-18-16(20-19-14)26-13(15(23)24)9-10-6-7-11-12(8-10)22(3)17(25)21(11)2/h6-9H,4-5H2,1-3H3,(H,23,24)(H,18,19,20)/b13-9-. The molecule has 2 N–H and O–H groups in total. The number of carboxylic acid groups (broad SMARTS) is 1. The maximum Gasteiger partial charge on any atom is 0.342 e. The van der Waals surface area contributed by atoms with Crippen molar-refractivity contribution in [2.75, 3.05) is 0 Å². The maximum atomic E-state index is 12.0. The number of carboxylic acids is 1. The molecule has 0 fully saturated rings. The van der Waals surface area contributed by atoms with Crippen LogP contribution in [0.2, 0.25) is 0 Å². The number of hydrogen-bond donors (Lipinski definition) is 2. The lowest BCUT2D eigenvalue weighted by atomic mass is 10.2. The van der Waals surface area contributed by atoms with Gasteiger partial charge < -0.3 is 5.11 Å². The van der Waals surface area contributed by atoms with E-state index in [-0.39, 0.29) is 10.6 Å². The van der Waals surface area contributed by atoms with Gasteiger partial charge in [-0.2, -0.15) is 0 Å². The van der Waals surface area contributed by atoms with E-state index in [1.54, 1.807) is 42.9 Å². The van der Waals surface area contributed by atoms with E-state index in [2.05, 4.69) is 15.2 Å². The zero-order chi connectivity index (χ0) is 18.8. The van der Waals surface area contributed by atoms with Crippen LogP contribution in [0, 0.1) is 0 Å². The Morgan fingerprint density at radius 2 is 2.04 bits per heavy atom. The van der Waals surface area contributed by atoms with Crippen molar-refractivity contribution in [2.24, 2.45) is 14.1 Å². The number of nitrogens with one attached hydrogen (secondary N) is 1. The molecule has 0 unspecified atom stereocenters. The molecule has 8 nitrogen and oxygen atoms in total. The van der Waals surface area contributed by atoms with Gasteiger partial charge in [0.15, 0.2) is 0 Å². The molecule has 0 saturated heterocycles. The molecule has 0 aliphatic heterocycles. The molecule has 0 amide bonds. The number of imidazole rings is 1. The summed E-state index contributed by atoms with van der Waals surface area (Å²) in [6.45, 7) is 2.03. The summed E-state index contributed by atoms with van der Waals surface area (Å²) in [6.07, 6.45) is 3.24. The average molecular weight is 373 g/mol. The summed E-state index contributed by atoms with van der Waals surface area (Å²) in [6, 6.07) is 5.38. The topological polar surface area (TPSA) is 106 Å². The van der Waals surface area contributed by atoms with Crippen LogP contribution in [0.3, 0.4) is 0 Å². The predicted molar refractivity (Wildman–Crippen MR) is 100 cm³/mol. The molecule has 2 heterocycles. The van der Waals surface area contributed by atoms with Crippen molar-refractivity contribution in [3.05, 3.63) is 45.0 Å². The van der Waals surface area contributed by atoms with Crippen molar-refractivity contribution in [1.82, 2.24) is 24.3 Å². The Hall–Kier alpha value is -2.81. The highest BCUT2D eigenvalue weighted by molar-refractivity contribution is 8.04. The number of aliphatic carboxylic acids is 1. The van der Waals surface area contributed by atoms with Gasteiger partial charge in [0.1, 0.15) is 10.7 Å². The molecule has 0 saturated carbocycles. The average Bonchev–Trinajstić information content (AvgIpc) is 3.14. The Kier molecular flexibility index (Phi) is 4.99. The van der Waals surface area contributed by atoms with Gasteiger partial charge >= 0.3 is 11.7 Å². The van der Waals surface area contributed by atoms with E-state index in [0.717, 1.165) is 41.5 Å². The molecule has 3 rings (SSSR count). The van der Waals surface area contributed by atoms with Crippen LogP contribution >= 0.6 is 11.8 Å². The molecule has 1 aromatic carbocycles. The SMILES string of the molecule is CCCc1nc(S/C(=C\c2ccc3c(c2)n(C)c(=O)n3C)C(=O)O)n[nH]1. The molecule has 0 atom stereocenters. The number of aromatic amines is 1. The second kappa shape index (κ2) is 7.20. The van der Waals surface area contributed by atoms with E-state index in [0.29, 0.717) is 10.7 Å². The summed E-state index contributed by atoms with van der Waals surface area (Å²) in [7, 11) is 3.39. The van der Waals surface area contributed by atoms with Crippen molar-refractivity contribution in [3.8, 4) is 0 Å². The van der Waals surface area contributed by atoms with Crippen LogP contribution in [0.5, 0.6) is 0 Å². The highest BCUT2D eigenvalue weighted by atomic mass is 32.2. The maximum absolute atomic E-state index is 12.0. The number of fused-ring (bicyclic) bond motifs is 1. The minimum Gasteiger partial charge on any atom is -0.477 e. The molecule has 0 radical (unpaired) electrons. The van der Waals surface area contributed by atoms with Crippen LogP contribution in [0.15, 0.2) is 33.1 Å². The molecule has 26 heavy (non-hydrogen) atoms. The van der Waals surface area contributed by atoms with E-state index >= 15 is 0 Å². The summed E-state index contributed by atoms with van der Waals surface area (Å²) < 4.78 is 3.09. The van der Waals surface area contributed by atoms with Crippen molar-refractivity contribution < 1.29 is 9.90 Å². The second-order valence-corrected chi connectivity index (χ2v) is 6.89. The summed E-state index contributed by atoms with van der Waals surface area (Å²) in [5.41, 5.74) is 2.09. The minimum atomic E-state index is -1.06. The Bertz CT molecular complexity index is 1060. The summed E-state index contributed by atoms with van der Waals surface area (Å²) in [5, 5.41) is 16.7. The number of benzene rings is 1. The van der Waals surface area contributed by atoms with Gasteiger partial charge in [0.25, 0.3) is 0 Å². The fourth-order valence-electron chi connectivity index (χ4n) is 2.67. The predicted octanol–water partition coefficient (Wildman–Crippen LogP) is 2.17. The Labute approximate surface area is 153 Å². The minimum absolute atomic E-state index is 0.104. The zero-order valence-corrected chi connectivity index (χ0v) is 15.5. The molecule has 0 bridgehead atoms. The molecule has 9 heteroatoms. The first-order valence-corrected chi connectivity index (χ1v) is 8.92. The van der Waals surface area contributed by atoms with Crippen LogP contribution in [-0.4, -0.2) is 35.4 Å². The van der Waals surface area contributed by atoms with Gasteiger partial charge in [0.05, 0.1) is 11.0 Å². The third kappa shape index (κ3) is 3.43. The van der Waals surface area contributed by atoms with Gasteiger partial charge in [-0.25, -0.2) is 14.6 Å². The summed E-state index contributed by atoms with van der Waals surface area (Å²) in [4.78, 5) is 28.0. The molecule has 0 aliphatic rings. The molecule has 136 valence electrons. The third-order valence-corrected chi connectivity index (χ3v) is 4.88. The Morgan fingerprint density at radius 1 is 1.31 bits per heavy atom. The lowest BCUT2D eigenvalue weighted by Crippen LogP contribution is -2.19. The second-order valence-electron chi connectivity index (χ2n) is 5.88. The summed E-state index contributed by atoms with van der Waals surface area (Å²) >= 11 is 0.991. The van der Waals surface area contributed by atoms with Gasteiger partial charge in [-0.15, -0.1) is 5.10 Å². The molecular formula is C17H19N5O3S. The number of rotatable bonds is 6. The van der Waals surface area contributed by atoms with E-state index in [1.165, 1.54) is 4.57 Å². The van der Waals surface area contributed by atoms with Crippen LogP contribution < -0.4 is 5.69 Å². The van der Waals surface area contributed by atoms with E-state index in [9.17, 15) is 14.7 Å². The van der Waals surface area contributed by atoms with Crippen LogP contribution in [0.1, 0.15) is 24.7 Å². The largest absolute Gasteiger partial charge is 0.477 e. The first-order chi connectivity index (χ1) is 12.4. The zero-order valence-electron chi connectivity index (χ0n) is 14.7. The van der Waals surface area contributed by atoms with Crippen LogP contribution in [0.25, 0.3) is 17.1 Å². The number of nitrogens with zero attached hydrogens (tertiary/aromatic N) is 4. The molecule has 0 aliphatic carbocycles.